The molecule has 1 N–H and O–H groups in total. The lowest BCUT2D eigenvalue weighted by atomic mass is 9.76. The van der Waals surface area contributed by atoms with Crippen LogP contribution < -0.4 is 4.90 Å². The third kappa shape index (κ3) is 2.67. The van der Waals surface area contributed by atoms with E-state index in [-0.39, 0.29) is 24.3 Å². The number of rotatable bonds is 4. The van der Waals surface area contributed by atoms with Crippen molar-refractivity contribution in [1.29, 1.82) is 0 Å². The van der Waals surface area contributed by atoms with Gasteiger partial charge in [-0.1, -0.05) is 32.0 Å². The topological polar surface area (TPSA) is 57.6 Å². The number of carbonyl (C=O) groups is 2. The summed E-state index contributed by atoms with van der Waals surface area (Å²) in [6.45, 7) is 7.36. The Kier molecular flexibility index (Phi) is 4.08. The molecule has 0 spiro atoms. The number of carboxylic acid groups (broad SMARTS) is 1. The van der Waals surface area contributed by atoms with Crippen LogP contribution in [0.4, 0.5) is 5.69 Å². The summed E-state index contributed by atoms with van der Waals surface area (Å²) in [7, 11) is 0. The first-order valence-electron chi connectivity index (χ1n) is 7.40. The van der Waals surface area contributed by atoms with E-state index >= 15 is 0 Å². The lowest BCUT2D eigenvalue weighted by molar-refractivity contribution is -0.153. The Hall–Kier alpha value is -1.84. The number of nitrogens with zero attached hydrogens (tertiary/aromatic N) is 1. The van der Waals surface area contributed by atoms with Gasteiger partial charge in [-0.2, -0.15) is 0 Å². The number of amides is 1. The summed E-state index contributed by atoms with van der Waals surface area (Å²) in [6.07, 6.45) is 0.853. The van der Waals surface area contributed by atoms with Crippen molar-refractivity contribution in [3.8, 4) is 0 Å². The third-order valence-corrected chi connectivity index (χ3v) is 4.76. The van der Waals surface area contributed by atoms with Crippen LogP contribution in [0, 0.1) is 11.3 Å². The van der Waals surface area contributed by atoms with Crippen LogP contribution in [-0.2, 0) is 16.0 Å². The van der Waals surface area contributed by atoms with Crippen molar-refractivity contribution < 1.29 is 14.7 Å². The average Bonchev–Trinajstić information content (AvgIpc) is 2.73. The van der Waals surface area contributed by atoms with Crippen molar-refractivity contribution in [2.24, 2.45) is 11.3 Å². The molecule has 21 heavy (non-hydrogen) atoms. The van der Waals surface area contributed by atoms with Crippen LogP contribution in [0.2, 0.25) is 0 Å². The molecule has 1 aliphatic rings. The fraction of sp³-hybridized carbons (Fsp3) is 0.529. The Balaban J connectivity index is 2.27. The van der Waals surface area contributed by atoms with Gasteiger partial charge in [0.2, 0.25) is 5.91 Å². The van der Waals surface area contributed by atoms with Crippen molar-refractivity contribution >= 4 is 17.6 Å². The smallest absolute Gasteiger partial charge is 0.310 e. The lowest BCUT2D eigenvalue weighted by Crippen LogP contribution is -2.43. The number of carboxylic acids is 1. The van der Waals surface area contributed by atoms with Gasteiger partial charge in [-0.15, -0.1) is 0 Å². The number of aliphatic carboxylic acids is 1. The second-order valence-corrected chi connectivity index (χ2v) is 6.50. The summed E-state index contributed by atoms with van der Waals surface area (Å²) in [6, 6.07) is 7.92. The molecule has 0 saturated heterocycles. The zero-order chi connectivity index (χ0) is 15.8. The van der Waals surface area contributed by atoms with Gasteiger partial charge >= 0.3 is 5.97 Å². The molecule has 2 atom stereocenters. The molecule has 1 amide bonds. The van der Waals surface area contributed by atoms with E-state index in [0.717, 1.165) is 17.7 Å². The first kappa shape index (κ1) is 15.5. The molecule has 2 rings (SSSR count). The molecule has 0 saturated carbocycles. The average molecular weight is 289 g/mol. The Morgan fingerprint density at radius 3 is 2.57 bits per heavy atom. The van der Waals surface area contributed by atoms with Gasteiger partial charge in [0.1, 0.15) is 0 Å². The van der Waals surface area contributed by atoms with Crippen LogP contribution in [0.25, 0.3) is 0 Å². The molecule has 0 bridgehead atoms. The fourth-order valence-corrected chi connectivity index (χ4v) is 2.87. The van der Waals surface area contributed by atoms with Crippen molar-refractivity contribution in [2.75, 3.05) is 4.90 Å². The number of carbonyl (C=O) groups excluding carboxylic acids is 1. The molecule has 114 valence electrons. The number of fused-ring (bicyclic) bond motifs is 1. The van der Waals surface area contributed by atoms with Crippen LogP contribution in [0.3, 0.4) is 0 Å². The minimum atomic E-state index is -1.03. The van der Waals surface area contributed by atoms with E-state index in [2.05, 4.69) is 0 Å². The van der Waals surface area contributed by atoms with E-state index in [9.17, 15) is 14.7 Å². The van der Waals surface area contributed by atoms with E-state index in [1.54, 1.807) is 11.8 Å². The minimum absolute atomic E-state index is 0.0265. The highest BCUT2D eigenvalue weighted by atomic mass is 16.4. The molecular formula is C17H23NO3. The Labute approximate surface area is 125 Å². The summed E-state index contributed by atoms with van der Waals surface area (Å²) in [5.74, 6) is -1.12. The molecule has 0 fully saturated rings. The molecule has 1 heterocycles. The SMILES string of the molecule is CC1Cc2ccccc2N1C(=O)CC(C)(C(=O)O)C(C)C. The molecule has 4 heteroatoms. The zero-order valence-corrected chi connectivity index (χ0v) is 13.1. The fourth-order valence-electron chi connectivity index (χ4n) is 2.87. The summed E-state index contributed by atoms with van der Waals surface area (Å²) >= 11 is 0. The largest absolute Gasteiger partial charge is 0.481 e. The van der Waals surface area contributed by atoms with E-state index in [1.807, 2.05) is 45.0 Å². The summed E-state index contributed by atoms with van der Waals surface area (Å²) in [5, 5.41) is 9.49. The number of benzene rings is 1. The van der Waals surface area contributed by atoms with Gasteiger partial charge in [0.25, 0.3) is 0 Å². The van der Waals surface area contributed by atoms with Gasteiger partial charge in [0.05, 0.1) is 5.41 Å². The predicted octanol–water partition coefficient (Wildman–Crippen LogP) is 3.10. The highest BCUT2D eigenvalue weighted by Crippen LogP contribution is 2.37. The highest BCUT2D eigenvalue weighted by molar-refractivity contribution is 5.98. The van der Waals surface area contributed by atoms with Crippen LogP contribution in [-0.4, -0.2) is 23.0 Å². The molecule has 1 aromatic carbocycles. The van der Waals surface area contributed by atoms with Gasteiger partial charge in [-0.3, -0.25) is 9.59 Å². The molecule has 1 aliphatic heterocycles. The number of para-hydroxylation sites is 1. The number of hydrogen-bond donors (Lipinski definition) is 1. The van der Waals surface area contributed by atoms with Crippen molar-refractivity contribution in [3.63, 3.8) is 0 Å². The summed E-state index contributed by atoms with van der Waals surface area (Å²) in [4.78, 5) is 26.0. The number of anilines is 1. The predicted molar refractivity (Wildman–Crippen MR) is 82.3 cm³/mol. The normalized spacial score (nSPS) is 20.2. The monoisotopic (exact) mass is 289 g/mol. The van der Waals surface area contributed by atoms with Crippen LogP contribution in [0.1, 0.15) is 39.7 Å². The maximum atomic E-state index is 12.7. The maximum Gasteiger partial charge on any atom is 0.310 e. The first-order valence-corrected chi connectivity index (χ1v) is 7.40. The summed E-state index contributed by atoms with van der Waals surface area (Å²) < 4.78 is 0. The van der Waals surface area contributed by atoms with Crippen molar-refractivity contribution in [1.82, 2.24) is 0 Å². The summed E-state index contributed by atoms with van der Waals surface area (Å²) in [5.41, 5.74) is 1.04. The maximum absolute atomic E-state index is 12.7. The number of hydrogen-bond acceptors (Lipinski definition) is 2. The zero-order valence-electron chi connectivity index (χ0n) is 13.1. The van der Waals surface area contributed by atoms with E-state index in [0.29, 0.717) is 0 Å². The van der Waals surface area contributed by atoms with Gasteiger partial charge < -0.3 is 10.0 Å². The van der Waals surface area contributed by atoms with Crippen LogP contribution in [0.15, 0.2) is 24.3 Å². The molecule has 4 nitrogen and oxygen atoms in total. The van der Waals surface area contributed by atoms with Crippen LogP contribution in [0.5, 0.6) is 0 Å². The molecule has 1 aromatic rings. The lowest BCUT2D eigenvalue weighted by Gasteiger charge is -2.32. The minimum Gasteiger partial charge on any atom is -0.481 e. The standard InChI is InChI=1S/C17H23NO3/c1-11(2)17(4,16(20)21)10-15(19)18-12(3)9-13-7-5-6-8-14(13)18/h5-8,11-12H,9-10H2,1-4H3,(H,20,21). The molecule has 0 radical (unpaired) electrons. The van der Waals surface area contributed by atoms with Gasteiger partial charge in [-0.05, 0) is 37.8 Å². The Bertz CT molecular complexity index is 567. The van der Waals surface area contributed by atoms with E-state index in [1.165, 1.54) is 0 Å². The third-order valence-electron chi connectivity index (χ3n) is 4.76. The molecular weight excluding hydrogens is 266 g/mol. The Morgan fingerprint density at radius 1 is 1.38 bits per heavy atom. The van der Waals surface area contributed by atoms with Gasteiger partial charge in [0.15, 0.2) is 0 Å². The molecule has 2 unspecified atom stereocenters. The quantitative estimate of drug-likeness (QED) is 0.926. The Morgan fingerprint density at radius 2 is 2.00 bits per heavy atom. The van der Waals surface area contributed by atoms with Gasteiger partial charge in [-0.25, -0.2) is 0 Å². The molecule has 0 aromatic heterocycles. The second-order valence-electron chi connectivity index (χ2n) is 6.50. The van der Waals surface area contributed by atoms with E-state index in [4.69, 9.17) is 0 Å². The van der Waals surface area contributed by atoms with Crippen molar-refractivity contribution in [3.05, 3.63) is 29.8 Å². The highest BCUT2D eigenvalue weighted by Gasteiger charge is 2.42. The molecule has 0 aliphatic carbocycles. The van der Waals surface area contributed by atoms with Crippen molar-refractivity contribution in [2.45, 2.75) is 46.6 Å². The first-order chi connectivity index (χ1) is 9.77. The van der Waals surface area contributed by atoms with Crippen LogP contribution >= 0.6 is 0 Å². The second kappa shape index (κ2) is 5.51. The van der Waals surface area contributed by atoms with E-state index < -0.39 is 11.4 Å². The van der Waals surface area contributed by atoms with Gasteiger partial charge in [0, 0.05) is 18.2 Å².